The number of aromatic nitrogens is 3. The number of benzene rings is 1. The first kappa shape index (κ1) is 16.8. The molecule has 5 rings (SSSR count). The third-order valence-electron chi connectivity index (χ3n) is 5.34. The monoisotopic (exact) mass is 383 g/mol. The molecular weight excluding hydrogens is 368 g/mol. The van der Waals surface area contributed by atoms with E-state index in [9.17, 15) is 18.4 Å². The summed E-state index contributed by atoms with van der Waals surface area (Å²) in [5, 5.41) is 8.99. The highest BCUT2D eigenvalue weighted by Crippen LogP contribution is 2.55. The van der Waals surface area contributed by atoms with E-state index in [-0.39, 0.29) is 24.2 Å². The van der Waals surface area contributed by atoms with Crippen LogP contribution < -0.4 is 10.6 Å². The number of imide groups is 1. The van der Waals surface area contributed by atoms with Crippen LogP contribution in [0.5, 0.6) is 0 Å². The average molecular weight is 383 g/mol. The van der Waals surface area contributed by atoms with Crippen molar-refractivity contribution in [3.05, 3.63) is 65.1 Å². The fourth-order valence-electron chi connectivity index (χ4n) is 3.81. The lowest BCUT2D eigenvalue weighted by atomic mass is 9.99. The Labute approximate surface area is 157 Å². The molecule has 0 bridgehead atoms. The van der Waals surface area contributed by atoms with Crippen LogP contribution in [0, 0.1) is 11.8 Å². The molecule has 1 saturated carbocycles. The molecule has 2 N–H and O–H groups in total. The minimum Gasteiger partial charge on any atom is -0.337 e. The van der Waals surface area contributed by atoms with E-state index in [0.29, 0.717) is 11.3 Å². The van der Waals surface area contributed by atoms with E-state index in [1.165, 1.54) is 12.1 Å². The van der Waals surface area contributed by atoms with Crippen molar-refractivity contribution in [2.24, 2.45) is 0 Å². The third kappa shape index (κ3) is 2.70. The first-order chi connectivity index (χ1) is 13.5. The van der Waals surface area contributed by atoms with Crippen molar-refractivity contribution in [1.29, 1.82) is 0 Å². The van der Waals surface area contributed by atoms with E-state index in [1.807, 2.05) is 0 Å². The smallest absolute Gasteiger partial charge is 0.321 e. The number of nitrogens with one attached hydrogen (secondary N) is 2. The number of hydrogen-bond acceptors (Lipinski definition) is 4. The van der Waals surface area contributed by atoms with Crippen LogP contribution in [0.1, 0.15) is 41.0 Å². The molecule has 3 aromatic rings. The highest BCUT2D eigenvalue weighted by Gasteiger charge is 2.42. The van der Waals surface area contributed by atoms with E-state index < -0.39 is 23.8 Å². The number of fused-ring (bicyclic) bond motifs is 1. The second-order valence-electron chi connectivity index (χ2n) is 7.09. The Morgan fingerprint density at radius 2 is 1.89 bits per heavy atom. The number of amides is 3. The molecule has 2 aromatic heterocycles. The minimum absolute atomic E-state index is 0.0674. The molecule has 1 unspecified atom stereocenters. The molecule has 0 spiro atoms. The van der Waals surface area contributed by atoms with Crippen LogP contribution in [-0.4, -0.2) is 33.1 Å². The molecule has 1 aliphatic carbocycles. The van der Waals surface area contributed by atoms with Crippen LogP contribution in [0.2, 0.25) is 0 Å². The summed E-state index contributed by atoms with van der Waals surface area (Å²) >= 11 is 0. The van der Waals surface area contributed by atoms with Crippen LogP contribution in [0.3, 0.4) is 0 Å². The van der Waals surface area contributed by atoms with Gasteiger partial charge in [-0.1, -0.05) is 12.1 Å². The Bertz CT molecular complexity index is 1110. The van der Waals surface area contributed by atoms with E-state index in [2.05, 4.69) is 20.7 Å². The van der Waals surface area contributed by atoms with E-state index >= 15 is 0 Å². The van der Waals surface area contributed by atoms with Gasteiger partial charge >= 0.3 is 6.03 Å². The van der Waals surface area contributed by atoms with Gasteiger partial charge in [-0.3, -0.25) is 10.1 Å². The average Bonchev–Trinajstić information content (AvgIpc) is 3.38. The van der Waals surface area contributed by atoms with Gasteiger partial charge in [-0.05, 0) is 42.0 Å². The predicted molar refractivity (Wildman–Crippen MR) is 93.7 cm³/mol. The Morgan fingerprint density at radius 3 is 2.64 bits per heavy atom. The fraction of sp³-hybridized carbons (Fsp3) is 0.263. The fourth-order valence-corrected chi connectivity index (χ4v) is 3.81. The number of urea groups is 1. The SMILES string of the molecule is O=C1NCC(c2cc([C@@H]3C[C@H]3c3ccc(F)cc3)c3ncc(F)n3n2)C(=O)N1. The number of rotatable bonds is 3. The summed E-state index contributed by atoms with van der Waals surface area (Å²) in [5.74, 6) is -1.89. The van der Waals surface area contributed by atoms with Crippen LogP contribution >= 0.6 is 0 Å². The molecule has 2 aliphatic rings. The molecule has 3 amide bonds. The molecule has 1 aromatic carbocycles. The lowest BCUT2D eigenvalue weighted by Gasteiger charge is -2.22. The van der Waals surface area contributed by atoms with Crippen molar-refractivity contribution in [1.82, 2.24) is 25.2 Å². The van der Waals surface area contributed by atoms with Crippen molar-refractivity contribution >= 4 is 17.6 Å². The maximum absolute atomic E-state index is 14.2. The quantitative estimate of drug-likeness (QED) is 0.726. The topological polar surface area (TPSA) is 88.4 Å². The van der Waals surface area contributed by atoms with E-state index in [1.54, 1.807) is 18.2 Å². The van der Waals surface area contributed by atoms with Gasteiger partial charge in [-0.25, -0.2) is 14.2 Å². The molecule has 3 heterocycles. The van der Waals surface area contributed by atoms with Crippen LogP contribution in [0.25, 0.3) is 5.65 Å². The van der Waals surface area contributed by atoms with Gasteiger partial charge in [0.05, 0.1) is 17.8 Å². The van der Waals surface area contributed by atoms with Gasteiger partial charge in [0.25, 0.3) is 0 Å². The second kappa shape index (κ2) is 6.08. The largest absolute Gasteiger partial charge is 0.337 e. The maximum atomic E-state index is 14.2. The number of halogens is 2. The molecule has 0 radical (unpaired) electrons. The molecule has 1 saturated heterocycles. The third-order valence-corrected chi connectivity index (χ3v) is 5.34. The Morgan fingerprint density at radius 1 is 1.11 bits per heavy atom. The molecule has 9 heteroatoms. The standard InChI is InChI=1S/C19H15F2N5O2/c20-10-3-1-9(2-4-10)11-5-12(11)13-6-15(14-7-23-19(28)24-18(14)27)25-26-16(21)8-22-17(13)26/h1-4,6,8,11-12,14H,5,7H2,(H2,23,24,27,28)/t11-,12+,14?/m0/s1. The number of carbonyl (C=O) groups is 2. The Kier molecular flexibility index (Phi) is 3.65. The van der Waals surface area contributed by atoms with Gasteiger partial charge in [-0.15, -0.1) is 0 Å². The molecule has 3 atom stereocenters. The van der Waals surface area contributed by atoms with Crippen LogP contribution in [-0.2, 0) is 4.79 Å². The lowest BCUT2D eigenvalue weighted by Crippen LogP contribution is -2.51. The molecule has 2 fully saturated rings. The Hall–Kier alpha value is -3.36. The summed E-state index contributed by atoms with van der Waals surface area (Å²) in [7, 11) is 0. The number of nitrogens with zero attached hydrogens (tertiary/aromatic N) is 3. The summed E-state index contributed by atoms with van der Waals surface area (Å²) in [4.78, 5) is 27.7. The van der Waals surface area contributed by atoms with Gasteiger partial charge in [-0.2, -0.15) is 14.0 Å². The normalized spacial score (nSPS) is 24.1. The van der Waals surface area contributed by atoms with E-state index in [4.69, 9.17) is 0 Å². The molecule has 1 aliphatic heterocycles. The van der Waals surface area contributed by atoms with Crippen molar-refractivity contribution < 1.29 is 18.4 Å². The van der Waals surface area contributed by atoms with Gasteiger partial charge in [0.15, 0.2) is 5.65 Å². The maximum Gasteiger partial charge on any atom is 0.321 e. The van der Waals surface area contributed by atoms with Gasteiger partial charge in [0.1, 0.15) is 5.82 Å². The lowest BCUT2D eigenvalue weighted by molar-refractivity contribution is -0.122. The number of hydrogen-bond donors (Lipinski definition) is 2. The summed E-state index contributed by atoms with van der Waals surface area (Å²) < 4.78 is 28.5. The second-order valence-corrected chi connectivity index (χ2v) is 7.09. The zero-order chi connectivity index (χ0) is 19.4. The van der Waals surface area contributed by atoms with Gasteiger partial charge in [0.2, 0.25) is 11.9 Å². The van der Waals surface area contributed by atoms with Gasteiger partial charge in [0, 0.05) is 12.1 Å². The first-order valence-corrected chi connectivity index (χ1v) is 8.89. The molecule has 142 valence electrons. The molecule has 28 heavy (non-hydrogen) atoms. The molecular formula is C19H15F2N5O2. The minimum atomic E-state index is -0.717. The Balaban J connectivity index is 1.54. The van der Waals surface area contributed by atoms with Crippen molar-refractivity contribution in [3.8, 4) is 0 Å². The van der Waals surface area contributed by atoms with Crippen molar-refractivity contribution in [2.75, 3.05) is 6.54 Å². The predicted octanol–water partition coefficient (Wildman–Crippen LogP) is 2.20. The highest BCUT2D eigenvalue weighted by molar-refractivity contribution is 6.00. The van der Waals surface area contributed by atoms with Crippen molar-refractivity contribution in [3.63, 3.8) is 0 Å². The van der Waals surface area contributed by atoms with Gasteiger partial charge < -0.3 is 5.32 Å². The zero-order valence-corrected chi connectivity index (χ0v) is 14.5. The van der Waals surface area contributed by atoms with Crippen molar-refractivity contribution in [2.45, 2.75) is 24.2 Å². The van der Waals surface area contributed by atoms with Crippen LogP contribution in [0.15, 0.2) is 36.5 Å². The first-order valence-electron chi connectivity index (χ1n) is 8.89. The summed E-state index contributed by atoms with van der Waals surface area (Å²) in [6.45, 7) is 0.0883. The molecule has 7 nitrogen and oxygen atoms in total. The number of carbonyl (C=O) groups excluding carboxylic acids is 2. The zero-order valence-electron chi connectivity index (χ0n) is 14.5. The highest BCUT2D eigenvalue weighted by atomic mass is 19.1. The van der Waals surface area contributed by atoms with Crippen LogP contribution in [0.4, 0.5) is 13.6 Å². The van der Waals surface area contributed by atoms with E-state index in [0.717, 1.165) is 28.3 Å². The summed E-state index contributed by atoms with van der Waals surface area (Å²) in [5.41, 5.74) is 2.54. The summed E-state index contributed by atoms with van der Waals surface area (Å²) in [6.07, 6.45) is 1.90. The summed E-state index contributed by atoms with van der Waals surface area (Å²) in [6, 6.07) is 7.53. The number of imidazole rings is 1.